The lowest BCUT2D eigenvalue weighted by Gasteiger charge is -2.29. The molecule has 0 spiro atoms. The van der Waals surface area contributed by atoms with Crippen molar-refractivity contribution in [1.82, 2.24) is 4.72 Å². The predicted octanol–water partition coefficient (Wildman–Crippen LogP) is 2.56. The van der Waals surface area contributed by atoms with Crippen molar-refractivity contribution in [2.75, 3.05) is 13.2 Å². The van der Waals surface area contributed by atoms with Gasteiger partial charge in [-0.1, -0.05) is 25.4 Å². The zero-order valence-corrected chi connectivity index (χ0v) is 13.1. The number of halogens is 2. The number of aliphatic hydroxyl groups is 1. The molecule has 1 rings (SSSR count). The fourth-order valence-electron chi connectivity index (χ4n) is 1.75. The number of rotatable bonds is 7. The van der Waals surface area contributed by atoms with Gasteiger partial charge in [-0.2, -0.15) is 0 Å². The maximum atomic E-state index is 13.0. The summed E-state index contributed by atoms with van der Waals surface area (Å²) in [5.74, 6) is -0.669. The minimum Gasteiger partial charge on any atom is -0.396 e. The van der Waals surface area contributed by atoms with Crippen LogP contribution >= 0.6 is 11.6 Å². The summed E-state index contributed by atoms with van der Waals surface area (Å²) in [6, 6.07) is 3.23. The average molecular weight is 324 g/mol. The largest absolute Gasteiger partial charge is 0.396 e. The Kier molecular flexibility index (Phi) is 5.94. The monoisotopic (exact) mass is 323 g/mol. The van der Waals surface area contributed by atoms with Gasteiger partial charge in [-0.3, -0.25) is 0 Å². The minimum atomic E-state index is -3.78. The standard InChI is InChI=1S/C13H19ClFNO3S/c1-3-13(4-2,9-17)8-16-20(18,19)10-5-6-12(15)11(14)7-10/h5-7,16-17H,3-4,8-9H2,1-2H3. The highest BCUT2D eigenvalue weighted by atomic mass is 35.5. The molecule has 0 aliphatic heterocycles. The van der Waals surface area contributed by atoms with Crippen LogP contribution in [0.5, 0.6) is 0 Å². The van der Waals surface area contributed by atoms with Gasteiger partial charge in [0.1, 0.15) is 5.82 Å². The van der Waals surface area contributed by atoms with Crippen LogP contribution < -0.4 is 4.72 Å². The average Bonchev–Trinajstić information content (AvgIpc) is 2.44. The molecule has 0 aromatic heterocycles. The van der Waals surface area contributed by atoms with Crippen molar-refractivity contribution in [2.24, 2.45) is 5.41 Å². The topological polar surface area (TPSA) is 66.4 Å². The van der Waals surface area contributed by atoms with Crippen LogP contribution in [0.4, 0.5) is 4.39 Å². The van der Waals surface area contributed by atoms with Crippen LogP contribution in [-0.4, -0.2) is 26.7 Å². The van der Waals surface area contributed by atoms with Crippen molar-refractivity contribution in [1.29, 1.82) is 0 Å². The van der Waals surface area contributed by atoms with Crippen molar-refractivity contribution < 1.29 is 17.9 Å². The lowest BCUT2D eigenvalue weighted by molar-refractivity contribution is 0.119. The Balaban J connectivity index is 2.92. The molecule has 0 heterocycles. The van der Waals surface area contributed by atoms with Gasteiger partial charge < -0.3 is 5.11 Å². The molecule has 1 aromatic rings. The summed E-state index contributed by atoms with van der Waals surface area (Å²) in [6.07, 6.45) is 1.29. The van der Waals surface area contributed by atoms with E-state index in [1.54, 1.807) is 0 Å². The van der Waals surface area contributed by atoms with Gasteiger partial charge in [-0.25, -0.2) is 17.5 Å². The van der Waals surface area contributed by atoms with E-state index in [-0.39, 0.29) is 23.1 Å². The fourth-order valence-corrected chi connectivity index (χ4v) is 3.18. The van der Waals surface area contributed by atoms with Crippen LogP contribution in [0.2, 0.25) is 5.02 Å². The number of benzene rings is 1. The zero-order chi connectivity index (χ0) is 15.4. The first-order chi connectivity index (χ1) is 9.30. The molecule has 20 heavy (non-hydrogen) atoms. The molecular weight excluding hydrogens is 305 g/mol. The minimum absolute atomic E-state index is 0.0945. The summed E-state index contributed by atoms with van der Waals surface area (Å²) in [5, 5.41) is 9.18. The van der Waals surface area contributed by atoms with Crippen molar-refractivity contribution in [3.05, 3.63) is 29.0 Å². The summed E-state index contributed by atoms with van der Waals surface area (Å²) in [7, 11) is -3.78. The molecule has 0 unspecified atom stereocenters. The first-order valence-corrected chi connectivity index (χ1v) is 8.22. The van der Waals surface area contributed by atoms with Crippen LogP contribution in [-0.2, 0) is 10.0 Å². The van der Waals surface area contributed by atoms with Crippen molar-refractivity contribution in [2.45, 2.75) is 31.6 Å². The molecule has 4 nitrogen and oxygen atoms in total. The second kappa shape index (κ2) is 6.85. The maximum Gasteiger partial charge on any atom is 0.240 e. The van der Waals surface area contributed by atoms with E-state index in [0.717, 1.165) is 18.2 Å². The zero-order valence-electron chi connectivity index (χ0n) is 11.5. The Morgan fingerprint density at radius 1 is 1.35 bits per heavy atom. The number of hydrogen-bond donors (Lipinski definition) is 2. The summed E-state index contributed by atoms with van der Waals surface area (Å²) in [4.78, 5) is -0.0945. The van der Waals surface area contributed by atoms with E-state index in [9.17, 15) is 17.9 Å². The lowest BCUT2D eigenvalue weighted by atomic mass is 9.84. The molecule has 114 valence electrons. The summed E-state index contributed by atoms with van der Waals surface area (Å²) in [6.45, 7) is 3.80. The number of hydrogen-bond acceptors (Lipinski definition) is 3. The predicted molar refractivity (Wildman–Crippen MR) is 76.7 cm³/mol. The third kappa shape index (κ3) is 3.91. The first kappa shape index (κ1) is 17.4. The summed E-state index contributed by atoms with van der Waals surface area (Å²) in [5.41, 5.74) is -0.489. The first-order valence-electron chi connectivity index (χ1n) is 6.36. The number of aliphatic hydroxyl groups excluding tert-OH is 1. The molecule has 0 fully saturated rings. The van der Waals surface area contributed by atoms with E-state index >= 15 is 0 Å². The summed E-state index contributed by atoms with van der Waals surface area (Å²) >= 11 is 5.58. The fraction of sp³-hybridized carbons (Fsp3) is 0.538. The normalized spacial score (nSPS) is 12.7. The lowest BCUT2D eigenvalue weighted by Crippen LogP contribution is -2.39. The van der Waals surface area contributed by atoms with Crippen LogP contribution in [0, 0.1) is 11.2 Å². The maximum absolute atomic E-state index is 13.0. The second-order valence-electron chi connectivity index (χ2n) is 4.77. The second-order valence-corrected chi connectivity index (χ2v) is 6.94. The van der Waals surface area contributed by atoms with E-state index in [1.165, 1.54) is 0 Å². The smallest absolute Gasteiger partial charge is 0.240 e. The molecule has 7 heteroatoms. The Morgan fingerprint density at radius 3 is 2.40 bits per heavy atom. The van der Waals surface area contributed by atoms with Crippen molar-refractivity contribution in [3.8, 4) is 0 Å². The molecule has 0 saturated carbocycles. The van der Waals surface area contributed by atoms with E-state index in [0.29, 0.717) is 12.8 Å². The molecule has 0 atom stereocenters. The molecule has 0 aliphatic rings. The van der Waals surface area contributed by atoms with Gasteiger partial charge in [-0.05, 0) is 31.0 Å². The van der Waals surface area contributed by atoms with Gasteiger partial charge in [0.15, 0.2) is 0 Å². The molecule has 1 aromatic carbocycles. The SMILES string of the molecule is CCC(CC)(CO)CNS(=O)(=O)c1ccc(F)c(Cl)c1. The highest BCUT2D eigenvalue weighted by Gasteiger charge is 2.28. The van der Waals surface area contributed by atoms with Gasteiger partial charge in [0.2, 0.25) is 10.0 Å². The molecule has 0 saturated heterocycles. The van der Waals surface area contributed by atoms with Gasteiger partial charge in [0.25, 0.3) is 0 Å². The van der Waals surface area contributed by atoms with Gasteiger partial charge in [0, 0.05) is 18.6 Å². The highest BCUT2D eigenvalue weighted by molar-refractivity contribution is 7.89. The van der Waals surface area contributed by atoms with Crippen molar-refractivity contribution in [3.63, 3.8) is 0 Å². The van der Waals surface area contributed by atoms with Gasteiger partial charge in [0.05, 0.1) is 9.92 Å². The Labute approximate surface area is 124 Å². The Morgan fingerprint density at radius 2 is 1.95 bits per heavy atom. The molecular formula is C13H19ClFNO3S. The quantitative estimate of drug-likeness (QED) is 0.810. The van der Waals surface area contributed by atoms with Gasteiger partial charge in [-0.15, -0.1) is 0 Å². The highest BCUT2D eigenvalue weighted by Crippen LogP contribution is 2.26. The Hall–Kier alpha value is -0.690. The number of nitrogens with one attached hydrogen (secondary N) is 1. The third-order valence-corrected chi connectivity index (χ3v) is 5.36. The van der Waals surface area contributed by atoms with E-state index in [1.807, 2.05) is 13.8 Å². The van der Waals surface area contributed by atoms with E-state index in [4.69, 9.17) is 11.6 Å². The van der Waals surface area contributed by atoms with E-state index in [2.05, 4.69) is 4.72 Å². The molecule has 0 aliphatic carbocycles. The third-order valence-electron chi connectivity index (χ3n) is 3.67. The molecule has 0 bridgehead atoms. The van der Waals surface area contributed by atoms with Crippen LogP contribution in [0.15, 0.2) is 23.1 Å². The van der Waals surface area contributed by atoms with E-state index < -0.39 is 21.3 Å². The van der Waals surface area contributed by atoms with Crippen molar-refractivity contribution >= 4 is 21.6 Å². The van der Waals surface area contributed by atoms with Crippen LogP contribution in [0.3, 0.4) is 0 Å². The summed E-state index contributed by atoms with van der Waals surface area (Å²) < 4.78 is 39.7. The van der Waals surface area contributed by atoms with Crippen LogP contribution in [0.25, 0.3) is 0 Å². The van der Waals surface area contributed by atoms with Gasteiger partial charge >= 0.3 is 0 Å². The number of sulfonamides is 1. The molecule has 0 amide bonds. The molecule has 2 N–H and O–H groups in total. The van der Waals surface area contributed by atoms with Crippen LogP contribution in [0.1, 0.15) is 26.7 Å². The Bertz CT molecular complexity index is 550. The molecule has 0 radical (unpaired) electrons.